The largest absolute Gasteiger partial charge is 0.326 e. The lowest BCUT2D eigenvalue weighted by Crippen LogP contribution is -2.17. The zero-order valence-corrected chi connectivity index (χ0v) is 13.0. The number of thioether (sulfide) groups is 1. The van der Waals surface area contributed by atoms with Gasteiger partial charge in [-0.05, 0) is 24.6 Å². The van der Waals surface area contributed by atoms with Gasteiger partial charge >= 0.3 is 5.69 Å². The van der Waals surface area contributed by atoms with E-state index in [0.717, 1.165) is 23.2 Å². The quantitative estimate of drug-likeness (QED) is 0.448. The summed E-state index contributed by atoms with van der Waals surface area (Å²) in [5, 5.41) is 5.05. The molecule has 0 aliphatic heterocycles. The molecule has 1 N–H and O–H groups in total. The molecule has 23 heavy (non-hydrogen) atoms. The van der Waals surface area contributed by atoms with Crippen LogP contribution in [0.3, 0.4) is 0 Å². The van der Waals surface area contributed by atoms with Gasteiger partial charge in [-0.1, -0.05) is 23.9 Å². The van der Waals surface area contributed by atoms with E-state index in [1.807, 2.05) is 36.5 Å². The van der Waals surface area contributed by atoms with Crippen molar-refractivity contribution in [1.29, 1.82) is 0 Å². The summed E-state index contributed by atoms with van der Waals surface area (Å²) in [7, 11) is 0. The van der Waals surface area contributed by atoms with E-state index in [-0.39, 0.29) is 5.69 Å². The van der Waals surface area contributed by atoms with Gasteiger partial charge in [-0.3, -0.25) is 4.57 Å². The molecule has 0 aliphatic rings. The van der Waals surface area contributed by atoms with Crippen LogP contribution in [0.2, 0.25) is 0 Å². The van der Waals surface area contributed by atoms with Gasteiger partial charge in [0.1, 0.15) is 0 Å². The third-order valence-corrected chi connectivity index (χ3v) is 4.46. The number of fused-ring (bicyclic) bond motifs is 2. The minimum Gasteiger partial charge on any atom is -0.306 e. The number of nitrogens with zero attached hydrogens (tertiary/aromatic N) is 5. The molecule has 8 heteroatoms. The van der Waals surface area contributed by atoms with Crippen molar-refractivity contribution in [2.45, 2.75) is 18.1 Å². The molecule has 0 aliphatic carbocycles. The van der Waals surface area contributed by atoms with Crippen molar-refractivity contribution in [3.63, 3.8) is 0 Å². The van der Waals surface area contributed by atoms with Gasteiger partial charge in [-0.15, -0.1) is 5.10 Å². The maximum Gasteiger partial charge on any atom is 0.326 e. The Morgan fingerprint density at radius 2 is 2.13 bits per heavy atom. The van der Waals surface area contributed by atoms with Gasteiger partial charge < -0.3 is 4.98 Å². The fourth-order valence-corrected chi connectivity index (χ4v) is 3.24. The summed E-state index contributed by atoms with van der Waals surface area (Å²) in [6.07, 6.45) is 4.38. The number of hydrogen-bond acceptors (Lipinski definition) is 5. The lowest BCUT2D eigenvalue weighted by atomic mass is 10.3. The van der Waals surface area contributed by atoms with Crippen LogP contribution in [0.1, 0.15) is 6.42 Å². The zero-order chi connectivity index (χ0) is 15.6. The Kier molecular flexibility index (Phi) is 3.58. The fourth-order valence-electron chi connectivity index (χ4n) is 2.49. The van der Waals surface area contributed by atoms with E-state index < -0.39 is 0 Å². The fraction of sp³-hybridized carbons (Fsp3) is 0.200. The Hall–Kier alpha value is -2.61. The summed E-state index contributed by atoms with van der Waals surface area (Å²) >= 11 is 1.57. The van der Waals surface area contributed by atoms with E-state index in [0.29, 0.717) is 17.5 Å². The molecule has 0 unspecified atom stereocenters. The number of nitrogens with one attached hydrogen (secondary N) is 1. The topological polar surface area (TPSA) is 80.9 Å². The molecule has 4 rings (SSSR count). The van der Waals surface area contributed by atoms with E-state index in [1.165, 1.54) is 0 Å². The molecule has 4 aromatic rings. The molecular formula is C15H14N6OS. The third kappa shape index (κ3) is 2.72. The number of imidazole rings is 1. The second-order valence-corrected chi connectivity index (χ2v) is 6.12. The average molecular weight is 326 g/mol. The molecule has 116 valence electrons. The first-order valence-electron chi connectivity index (χ1n) is 7.29. The molecule has 0 radical (unpaired) electrons. The van der Waals surface area contributed by atoms with Crippen LogP contribution in [-0.4, -0.2) is 34.9 Å². The van der Waals surface area contributed by atoms with Gasteiger partial charge in [-0.25, -0.2) is 14.3 Å². The van der Waals surface area contributed by atoms with Crippen LogP contribution in [0.15, 0.2) is 52.7 Å². The molecule has 7 nitrogen and oxygen atoms in total. The van der Waals surface area contributed by atoms with Gasteiger partial charge in [-0.2, -0.15) is 4.98 Å². The van der Waals surface area contributed by atoms with Crippen LogP contribution < -0.4 is 5.69 Å². The van der Waals surface area contributed by atoms with E-state index in [1.54, 1.807) is 27.0 Å². The lowest BCUT2D eigenvalue weighted by molar-refractivity contribution is 0.679. The summed E-state index contributed by atoms with van der Waals surface area (Å²) in [5.41, 5.74) is 1.75. The van der Waals surface area contributed by atoms with Crippen LogP contribution >= 0.6 is 11.8 Å². The number of hydrogen-bond donors (Lipinski definition) is 1. The molecule has 0 amide bonds. The average Bonchev–Trinajstić information content (AvgIpc) is 3.11. The highest BCUT2D eigenvalue weighted by atomic mass is 32.2. The number of benzene rings is 1. The highest BCUT2D eigenvalue weighted by Crippen LogP contribution is 2.16. The Bertz CT molecular complexity index is 984. The number of aryl methyl sites for hydroxylation is 1. The summed E-state index contributed by atoms with van der Waals surface area (Å²) in [6.45, 7) is 0.668. The minimum absolute atomic E-state index is 0.0637. The number of H-pyrrole nitrogens is 1. The summed E-state index contributed by atoms with van der Waals surface area (Å²) in [6, 6.07) is 9.54. The SMILES string of the molecule is O=c1[nH]c2ccccc2n1CCCSc1nc2ncccn2n1. The monoisotopic (exact) mass is 326 g/mol. The first-order valence-corrected chi connectivity index (χ1v) is 8.27. The van der Waals surface area contributed by atoms with E-state index in [4.69, 9.17) is 0 Å². The van der Waals surface area contributed by atoms with Crippen molar-refractivity contribution in [2.75, 3.05) is 5.75 Å². The molecule has 3 heterocycles. The predicted octanol–water partition coefficient (Wildman–Crippen LogP) is 1.95. The number of para-hydroxylation sites is 2. The van der Waals surface area contributed by atoms with Crippen molar-refractivity contribution in [2.24, 2.45) is 0 Å². The van der Waals surface area contributed by atoms with Crippen LogP contribution in [0, 0.1) is 0 Å². The number of aromatic nitrogens is 6. The highest BCUT2D eigenvalue weighted by Gasteiger charge is 2.07. The second-order valence-electron chi connectivity index (χ2n) is 5.06. The van der Waals surface area contributed by atoms with Crippen molar-refractivity contribution in [3.8, 4) is 0 Å². The maximum absolute atomic E-state index is 12.0. The first-order chi connectivity index (χ1) is 11.3. The van der Waals surface area contributed by atoms with Crippen LogP contribution in [0.5, 0.6) is 0 Å². The number of aromatic amines is 1. The number of rotatable bonds is 5. The Balaban J connectivity index is 1.41. The molecule has 0 saturated heterocycles. The Morgan fingerprint density at radius 3 is 3.04 bits per heavy atom. The standard InChI is InChI=1S/C15H14N6OS/c22-15-17-11-5-1-2-6-12(11)20(15)8-4-10-23-14-18-13-16-7-3-9-21(13)19-14/h1-3,5-7,9H,4,8,10H2,(H,17,22). The second kappa shape index (κ2) is 5.88. The smallest absolute Gasteiger partial charge is 0.306 e. The van der Waals surface area contributed by atoms with Crippen LogP contribution in [-0.2, 0) is 6.54 Å². The van der Waals surface area contributed by atoms with Gasteiger partial charge in [0.2, 0.25) is 5.16 Å². The van der Waals surface area contributed by atoms with E-state index in [9.17, 15) is 4.79 Å². The molecule has 3 aromatic heterocycles. The van der Waals surface area contributed by atoms with Gasteiger partial charge in [0.25, 0.3) is 5.78 Å². The predicted molar refractivity (Wildman–Crippen MR) is 88.7 cm³/mol. The first kappa shape index (κ1) is 14.0. The normalized spacial score (nSPS) is 11.5. The van der Waals surface area contributed by atoms with Crippen molar-refractivity contribution >= 4 is 28.6 Å². The lowest BCUT2D eigenvalue weighted by Gasteiger charge is -2.02. The van der Waals surface area contributed by atoms with Gasteiger partial charge in [0.05, 0.1) is 11.0 Å². The van der Waals surface area contributed by atoms with Crippen molar-refractivity contribution in [3.05, 3.63) is 53.2 Å². The molecule has 0 fully saturated rings. The van der Waals surface area contributed by atoms with Gasteiger partial charge in [0, 0.05) is 24.7 Å². The van der Waals surface area contributed by atoms with Crippen molar-refractivity contribution in [1.82, 2.24) is 29.1 Å². The minimum atomic E-state index is -0.0637. The molecular weight excluding hydrogens is 312 g/mol. The summed E-state index contributed by atoms with van der Waals surface area (Å²) in [5.74, 6) is 1.44. The molecule has 0 spiro atoms. The summed E-state index contributed by atoms with van der Waals surface area (Å²) < 4.78 is 3.43. The van der Waals surface area contributed by atoms with Crippen LogP contribution in [0.25, 0.3) is 16.8 Å². The molecule has 0 bridgehead atoms. The highest BCUT2D eigenvalue weighted by molar-refractivity contribution is 7.99. The van der Waals surface area contributed by atoms with Crippen molar-refractivity contribution < 1.29 is 0 Å². The van der Waals surface area contributed by atoms with Gasteiger partial charge in [0.15, 0.2) is 0 Å². The van der Waals surface area contributed by atoms with Crippen LogP contribution in [0.4, 0.5) is 0 Å². The molecule has 1 aromatic carbocycles. The Morgan fingerprint density at radius 1 is 1.22 bits per heavy atom. The molecule has 0 saturated carbocycles. The van der Waals surface area contributed by atoms with E-state index in [2.05, 4.69) is 20.1 Å². The Labute approximate surface area is 135 Å². The third-order valence-electron chi connectivity index (χ3n) is 3.54. The maximum atomic E-state index is 12.0. The van der Waals surface area contributed by atoms with E-state index >= 15 is 0 Å². The summed E-state index contributed by atoms with van der Waals surface area (Å²) in [4.78, 5) is 23.3. The molecule has 0 atom stereocenters. The zero-order valence-electron chi connectivity index (χ0n) is 12.2.